The Hall–Kier alpha value is -0.710. The number of aromatic nitrogens is 2. The van der Waals surface area contributed by atoms with E-state index < -0.39 is 0 Å². The second-order valence-electron chi connectivity index (χ2n) is 4.80. The summed E-state index contributed by atoms with van der Waals surface area (Å²) >= 11 is 15.8. The van der Waals surface area contributed by atoms with Crippen molar-refractivity contribution < 1.29 is 4.74 Å². The largest absolute Gasteiger partial charge is 0.487 e. The quantitative estimate of drug-likeness (QED) is 0.650. The molecule has 0 spiro atoms. The summed E-state index contributed by atoms with van der Waals surface area (Å²) in [6, 6.07) is 3.98. The Morgan fingerprint density at radius 2 is 2.05 bits per heavy atom. The molecule has 0 aliphatic heterocycles. The smallest absolute Gasteiger partial charge is 0.131 e. The van der Waals surface area contributed by atoms with E-state index in [1.165, 1.54) is 0 Å². The van der Waals surface area contributed by atoms with Crippen LogP contribution < -0.4 is 4.74 Å². The van der Waals surface area contributed by atoms with Crippen molar-refractivity contribution in [3.63, 3.8) is 0 Å². The lowest BCUT2D eigenvalue weighted by Crippen LogP contribution is -2.08. The van der Waals surface area contributed by atoms with E-state index in [1.54, 1.807) is 0 Å². The minimum Gasteiger partial charge on any atom is -0.487 e. The third-order valence-corrected chi connectivity index (χ3v) is 4.50. The highest BCUT2D eigenvalue weighted by molar-refractivity contribution is 9.10. The van der Waals surface area contributed by atoms with E-state index in [0.717, 1.165) is 39.3 Å². The number of alkyl halides is 1. The summed E-state index contributed by atoms with van der Waals surface area (Å²) in [5.74, 6) is 1.21. The first kappa shape index (κ1) is 16.7. The van der Waals surface area contributed by atoms with E-state index in [2.05, 4.69) is 21.0 Å². The van der Waals surface area contributed by atoms with Crippen molar-refractivity contribution in [3.8, 4) is 5.75 Å². The average molecular weight is 392 g/mol. The number of halogens is 3. The topological polar surface area (TPSA) is 27.1 Å². The van der Waals surface area contributed by atoms with Crippen LogP contribution in [0.25, 0.3) is 0 Å². The van der Waals surface area contributed by atoms with Gasteiger partial charge in [-0.25, -0.2) is 0 Å². The van der Waals surface area contributed by atoms with Gasteiger partial charge in [-0.05, 0) is 38.5 Å². The van der Waals surface area contributed by atoms with Gasteiger partial charge in [0.15, 0.2) is 0 Å². The van der Waals surface area contributed by atoms with E-state index >= 15 is 0 Å². The summed E-state index contributed by atoms with van der Waals surface area (Å²) < 4.78 is 8.85. The van der Waals surface area contributed by atoms with E-state index in [0.29, 0.717) is 17.5 Å². The fraction of sp³-hybridized carbons (Fsp3) is 0.400. The number of hydrogen-bond donors (Lipinski definition) is 0. The van der Waals surface area contributed by atoms with Crippen molar-refractivity contribution in [2.75, 3.05) is 0 Å². The normalized spacial score (nSPS) is 11.0. The molecule has 1 aromatic heterocycles. The summed E-state index contributed by atoms with van der Waals surface area (Å²) in [5, 5.41) is 5.06. The molecular weight excluding hydrogens is 375 g/mol. The predicted octanol–water partition coefficient (Wildman–Crippen LogP) is 5.25. The molecule has 0 atom stereocenters. The van der Waals surface area contributed by atoms with Crippen molar-refractivity contribution in [3.05, 3.63) is 44.1 Å². The number of benzene rings is 1. The highest BCUT2D eigenvalue weighted by Gasteiger charge is 2.15. The van der Waals surface area contributed by atoms with Crippen LogP contribution in [0.1, 0.15) is 29.4 Å². The first-order chi connectivity index (χ1) is 9.97. The molecule has 0 saturated heterocycles. The molecular formula is C15H17BrCl2N2O. The van der Waals surface area contributed by atoms with Gasteiger partial charge in [0, 0.05) is 16.6 Å². The van der Waals surface area contributed by atoms with Crippen molar-refractivity contribution in [2.24, 2.45) is 0 Å². The van der Waals surface area contributed by atoms with E-state index in [-0.39, 0.29) is 0 Å². The van der Waals surface area contributed by atoms with Gasteiger partial charge in [0.05, 0.1) is 22.3 Å². The molecule has 0 N–H and O–H groups in total. The van der Waals surface area contributed by atoms with Gasteiger partial charge >= 0.3 is 0 Å². The van der Waals surface area contributed by atoms with E-state index in [9.17, 15) is 0 Å². The first-order valence-electron chi connectivity index (χ1n) is 6.67. The number of hydrogen-bond acceptors (Lipinski definition) is 2. The van der Waals surface area contributed by atoms with Crippen LogP contribution in [0.3, 0.4) is 0 Å². The Morgan fingerprint density at radius 1 is 1.33 bits per heavy atom. The number of ether oxygens (including phenoxy) is 1. The Balaban J connectivity index is 2.29. The third-order valence-electron chi connectivity index (χ3n) is 3.27. The van der Waals surface area contributed by atoms with Crippen molar-refractivity contribution in [1.29, 1.82) is 0 Å². The molecule has 0 aliphatic rings. The van der Waals surface area contributed by atoms with Crippen LogP contribution in [0.5, 0.6) is 5.75 Å². The maximum absolute atomic E-state index is 6.30. The summed E-state index contributed by atoms with van der Waals surface area (Å²) in [6.07, 6.45) is 0. The van der Waals surface area contributed by atoms with Crippen LogP contribution in [-0.4, -0.2) is 9.78 Å². The molecule has 0 aliphatic carbocycles. The zero-order valence-corrected chi connectivity index (χ0v) is 15.3. The molecule has 6 heteroatoms. The van der Waals surface area contributed by atoms with Crippen molar-refractivity contribution in [1.82, 2.24) is 9.78 Å². The van der Waals surface area contributed by atoms with Gasteiger partial charge < -0.3 is 4.74 Å². The van der Waals surface area contributed by atoms with Crippen LogP contribution in [0.15, 0.2) is 16.6 Å². The molecule has 114 valence electrons. The second-order valence-corrected chi connectivity index (χ2v) is 6.36. The molecule has 1 heterocycles. The molecule has 2 aromatic rings. The monoisotopic (exact) mass is 390 g/mol. The molecule has 0 unspecified atom stereocenters. The molecule has 21 heavy (non-hydrogen) atoms. The molecule has 0 amide bonds. The van der Waals surface area contributed by atoms with Crippen molar-refractivity contribution >= 4 is 39.1 Å². The summed E-state index contributed by atoms with van der Waals surface area (Å²) in [7, 11) is 0. The Kier molecular flexibility index (Phi) is 5.58. The van der Waals surface area contributed by atoms with Crippen LogP contribution in [0.4, 0.5) is 0 Å². The number of aryl methyl sites for hydroxylation is 3. The Bertz CT molecular complexity index is 656. The minimum absolute atomic E-state index is 0.375. The van der Waals surface area contributed by atoms with Gasteiger partial charge in [0.25, 0.3) is 0 Å². The van der Waals surface area contributed by atoms with Gasteiger partial charge in [0.2, 0.25) is 0 Å². The van der Waals surface area contributed by atoms with Gasteiger partial charge in [-0.2, -0.15) is 5.10 Å². The van der Waals surface area contributed by atoms with Gasteiger partial charge in [0.1, 0.15) is 12.4 Å². The standard InChI is InChI=1S/C15H17BrCl2N2O/c1-4-20-13(14(18)10(3)19-20)8-21-15-9(2)5-12(16)6-11(15)7-17/h5-6H,4,7-8H2,1-3H3. The summed E-state index contributed by atoms with van der Waals surface area (Å²) in [4.78, 5) is 0. The van der Waals surface area contributed by atoms with Crippen molar-refractivity contribution in [2.45, 2.75) is 39.8 Å². The highest BCUT2D eigenvalue weighted by Crippen LogP contribution is 2.31. The highest BCUT2D eigenvalue weighted by atomic mass is 79.9. The summed E-state index contributed by atoms with van der Waals surface area (Å²) in [6.45, 7) is 7.06. The first-order valence-corrected chi connectivity index (χ1v) is 8.38. The van der Waals surface area contributed by atoms with E-state index in [4.69, 9.17) is 27.9 Å². The molecule has 0 fully saturated rings. The Labute approximate surface area is 143 Å². The molecule has 0 saturated carbocycles. The second kappa shape index (κ2) is 7.03. The van der Waals surface area contributed by atoms with Crippen LogP contribution in [-0.2, 0) is 19.0 Å². The maximum atomic E-state index is 6.30. The van der Waals surface area contributed by atoms with Gasteiger partial charge in [-0.1, -0.05) is 27.5 Å². The Morgan fingerprint density at radius 3 is 2.67 bits per heavy atom. The number of rotatable bonds is 5. The zero-order valence-electron chi connectivity index (χ0n) is 12.2. The lowest BCUT2D eigenvalue weighted by atomic mass is 10.1. The van der Waals surface area contributed by atoms with Gasteiger partial charge in [-0.15, -0.1) is 11.6 Å². The lowest BCUT2D eigenvalue weighted by Gasteiger charge is -2.14. The summed E-state index contributed by atoms with van der Waals surface area (Å²) in [5.41, 5.74) is 3.70. The predicted molar refractivity (Wildman–Crippen MR) is 90.4 cm³/mol. The molecule has 0 radical (unpaired) electrons. The average Bonchev–Trinajstić information content (AvgIpc) is 2.72. The minimum atomic E-state index is 0.375. The van der Waals surface area contributed by atoms with Crippen LogP contribution in [0, 0.1) is 13.8 Å². The fourth-order valence-electron chi connectivity index (χ4n) is 2.25. The maximum Gasteiger partial charge on any atom is 0.131 e. The molecule has 3 nitrogen and oxygen atoms in total. The van der Waals surface area contributed by atoms with Crippen LogP contribution >= 0.6 is 39.1 Å². The third kappa shape index (κ3) is 3.55. The molecule has 1 aromatic carbocycles. The molecule has 2 rings (SSSR count). The fourth-order valence-corrected chi connectivity index (χ4v) is 3.26. The molecule has 0 bridgehead atoms. The van der Waals surface area contributed by atoms with Crippen LogP contribution in [0.2, 0.25) is 5.02 Å². The number of nitrogens with zero attached hydrogens (tertiary/aromatic N) is 2. The lowest BCUT2D eigenvalue weighted by molar-refractivity contribution is 0.288. The van der Waals surface area contributed by atoms with Gasteiger partial charge in [-0.3, -0.25) is 4.68 Å². The SMILES string of the molecule is CCn1nc(C)c(Cl)c1COc1c(C)cc(Br)cc1CCl. The van der Waals surface area contributed by atoms with E-state index in [1.807, 2.05) is 37.6 Å². The zero-order chi connectivity index (χ0) is 15.6.